The van der Waals surface area contributed by atoms with Gasteiger partial charge in [0.2, 0.25) is 0 Å². The summed E-state index contributed by atoms with van der Waals surface area (Å²) in [5.74, 6) is 0.0718. The summed E-state index contributed by atoms with van der Waals surface area (Å²) in [7, 11) is 0. The van der Waals surface area contributed by atoms with Crippen LogP contribution in [0, 0.1) is 0 Å². The third kappa shape index (κ3) is 2.32. The number of fused-ring (bicyclic) bond motifs is 1. The maximum absolute atomic E-state index is 10.8. The van der Waals surface area contributed by atoms with Gasteiger partial charge in [0, 0.05) is 0 Å². The summed E-state index contributed by atoms with van der Waals surface area (Å²) in [5.41, 5.74) is 3.66. The van der Waals surface area contributed by atoms with Crippen molar-refractivity contribution in [1.29, 1.82) is 0 Å². The number of hydrogen-bond donors (Lipinski definition) is 1. The maximum atomic E-state index is 10.8. The van der Waals surface area contributed by atoms with E-state index in [-0.39, 0.29) is 0 Å². The van der Waals surface area contributed by atoms with Gasteiger partial charge in [-0.3, -0.25) is 0 Å². The molecule has 3 rings (SSSR count). The molecule has 0 radical (unpaired) electrons. The number of aromatic carboxylic acids is 1. The first-order valence-electron chi connectivity index (χ1n) is 6.33. The highest BCUT2D eigenvalue weighted by molar-refractivity contribution is 5.88. The molecule has 2 aromatic carbocycles. The topological polar surface area (TPSA) is 46.5 Å². The first-order chi connectivity index (χ1) is 9.24. The molecule has 1 aliphatic heterocycles. The van der Waals surface area contributed by atoms with Gasteiger partial charge in [0.05, 0.1) is 12.2 Å². The summed E-state index contributed by atoms with van der Waals surface area (Å²) in [5, 5.41) is 8.89. The minimum Gasteiger partial charge on any atom is -0.493 e. The van der Waals surface area contributed by atoms with Crippen LogP contribution in [-0.4, -0.2) is 17.7 Å². The summed E-state index contributed by atoms with van der Waals surface area (Å²) in [6.45, 7) is 0.791. The second kappa shape index (κ2) is 4.76. The van der Waals surface area contributed by atoms with E-state index in [4.69, 9.17) is 9.84 Å². The van der Waals surface area contributed by atoms with Crippen LogP contribution in [0.2, 0.25) is 0 Å². The van der Waals surface area contributed by atoms with Gasteiger partial charge in [0.25, 0.3) is 0 Å². The molecule has 0 spiro atoms. The predicted octanol–water partition coefficient (Wildman–Crippen LogP) is 3.38. The van der Waals surface area contributed by atoms with E-state index in [1.165, 1.54) is 5.56 Å². The van der Waals surface area contributed by atoms with Crippen molar-refractivity contribution in [1.82, 2.24) is 0 Å². The molecule has 0 fully saturated rings. The number of rotatable bonds is 2. The van der Waals surface area contributed by atoms with Gasteiger partial charge < -0.3 is 9.84 Å². The molecule has 19 heavy (non-hydrogen) atoms. The zero-order chi connectivity index (χ0) is 13.2. The van der Waals surface area contributed by atoms with Crippen LogP contribution in [0.3, 0.4) is 0 Å². The molecule has 2 aromatic rings. The highest BCUT2D eigenvalue weighted by Crippen LogP contribution is 2.30. The highest BCUT2D eigenvalue weighted by Gasteiger charge is 2.11. The third-order valence-electron chi connectivity index (χ3n) is 3.37. The first kappa shape index (κ1) is 11.8. The van der Waals surface area contributed by atoms with Crippen LogP contribution in [0.5, 0.6) is 5.75 Å². The second-order valence-corrected chi connectivity index (χ2v) is 4.66. The normalized spacial score (nSPS) is 13.5. The minimum absolute atomic E-state index is 0.310. The van der Waals surface area contributed by atoms with Crippen LogP contribution in [0.25, 0.3) is 11.1 Å². The molecular formula is C16H14O3. The van der Waals surface area contributed by atoms with E-state index in [9.17, 15) is 4.79 Å². The minimum atomic E-state index is -0.898. The van der Waals surface area contributed by atoms with Gasteiger partial charge in [-0.15, -0.1) is 0 Å². The van der Waals surface area contributed by atoms with Crippen LogP contribution < -0.4 is 4.74 Å². The average molecular weight is 254 g/mol. The molecule has 0 amide bonds. The monoisotopic (exact) mass is 254 g/mol. The van der Waals surface area contributed by atoms with E-state index in [0.29, 0.717) is 5.56 Å². The summed E-state index contributed by atoms with van der Waals surface area (Å²) in [6, 6.07) is 13.1. The van der Waals surface area contributed by atoms with Crippen molar-refractivity contribution in [2.75, 3.05) is 6.61 Å². The van der Waals surface area contributed by atoms with Crippen molar-refractivity contribution < 1.29 is 14.6 Å². The Morgan fingerprint density at radius 2 is 1.79 bits per heavy atom. The number of ether oxygens (including phenoxy) is 1. The van der Waals surface area contributed by atoms with Gasteiger partial charge in [0.1, 0.15) is 5.75 Å². The van der Waals surface area contributed by atoms with Crippen LogP contribution >= 0.6 is 0 Å². The molecule has 0 bridgehead atoms. The van der Waals surface area contributed by atoms with Crippen molar-refractivity contribution in [2.24, 2.45) is 0 Å². The zero-order valence-electron chi connectivity index (χ0n) is 10.4. The molecule has 0 saturated heterocycles. The Balaban J connectivity index is 1.95. The average Bonchev–Trinajstić information content (AvgIpc) is 2.47. The van der Waals surface area contributed by atoms with E-state index < -0.39 is 5.97 Å². The summed E-state index contributed by atoms with van der Waals surface area (Å²) in [4.78, 5) is 10.8. The Hall–Kier alpha value is -2.29. The van der Waals surface area contributed by atoms with Crippen LogP contribution in [0.1, 0.15) is 22.3 Å². The van der Waals surface area contributed by atoms with Crippen molar-refractivity contribution in [3.63, 3.8) is 0 Å². The van der Waals surface area contributed by atoms with E-state index in [1.807, 2.05) is 24.3 Å². The number of carboxylic acids is 1. The molecule has 3 nitrogen and oxygen atoms in total. The van der Waals surface area contributed by atoms with Gasteiger partial charge in [0.15, 0.2) is 0 Å². The number of carboxylic acid groups (broad SMARTS) is 1. The van der Waals surface area contributed by atoms with Crippen molar-refractivity contribution in [3.05, 3.63) is 53.6 Å². The highest BCUT2D eigenvalue weighted by atomic mass is 16.5. The first-order valence-corrected chi connectivity index (χ1v) is 6.33. The van der Waals surface area contributed by atoms with Crippen molar-refractivity contribution in [3.8, 4) is 16.9 Å². The standard InChI is InChI=1S/C16H14O3/c17-16(18)12-5-3-11(4-6-12)13-7-8-15-14(10-13)2-1-9-19-15/h3-8,10H,1-2,9H2,(H,17,18). The fourth-order valence-corrected chi connectivity index (χ4v) is 2.35. The fourth-order valence-electron chi connectivity index (χ4n) is 2.35. The van der Waals surface area contributed by atoms with E-state index in [1.54, 1.807) is 12.1 Å². The quantitative estimate of drug-likeness (QED) is 0.893. The summed E-state index contributed by atoms with van der Waals surface area (Å²) in [6.07, 6.45) is 2.09. The number of aryl methyl sites for hydroxylation is 1. The lowest BCUT2D eigenvalue weighted by atomic mass is 9.98. The Labute approximate surface area is 111 Å². The molecule has 0 unspecified atom stereocenters. The van der Waals surface area contributed by atoms with Crippen LogP contribution in [0.4, 0.5) is 0 Å². The molecule has 0 atom stereocenters. The molecule has 0 saturated carbocycles. The van der Waals surface area contributed by atoms with Crippen LogP contribution in [0.15, 0.2) is 42.5 Å². The van der Waals surface area contributed by atoms with Gasteiger partial charge in [-0.25, -0.2) is 4.79 Å². The molecule has 1 N–H and O–H groups in total. The van der Waals surface area contributed by atoms with E-state index >= 15 is 0 Å². The lowest BCUT2D eigenvalue weighted by Gasteiger charge is -2.18. The lowest BCUT2D eigenvalue weighted by Crippen LogP contribution is -2.08. The molecule has 0 aliphatic carbocycles. The Bertz CT molecular complexity index is 614. The van der Waals surface area contributed by atoms with E-state index in [2.05, 4.69) is 6.07 Å². The van der Waals surface area contributed by atoms with Crippen molar-refractivity contribution in [2.45, 2.75) is 12.8 Å². The molecule has 0 aromatic heterocycles. The smallest absolute Gasteiger partial charge is 0.335 e. The largest absolute Gasteiger partial charge is 0.493 e. The summed E-state index contributed by atoms with van der Waals surface area (Å²) >= 11 is 0. The molecule has 3 heteroatoms. The molecule has 1 heterocycles. The molecule has 96 valence electrons. The second-order valence-electron chi connectivity index (χ2n) is 4.66. The molecular weight excluding hydrogens is 240 g/mol. The number of benzene rings is 2. The third-order valence-corrected chi connectivity index (χ3v) is 3.37. The van der Waals surface area contributed by atoms with Gasteiger partial charge in [-0.1, -0.05) is 18.2 Å². The lowest BCUT2D eigenvalue weighted by molar-refractivity contribution is 0.0697. The maximum Gasteiger partial charge on any atom is 0.335 e. The van der Waals surface area contributed by atoms with Gasteiger partial charge in [-0.2, -0.15) is 0 Å². The fraction of sp³-hybridized carbons (Fsp3) is 0.188. The SMILES string of the molecule is O=C(O)c1ccc(-c2ccc3c(c2)CCCO3)cc1. The summed E-state index contributed by atoms with van der Waals surface area (Å²) < 4.78 is 5.59. The zero-order valence-corrected chi connectivity index (χ0v) is 10.4. The Morgan fingerprint density at radius 1 is 1.05 bits per heavy atom. The molecule has 1 aliphatic rings. The Kier molecular flexibility index (Phi) is 2.95. The van der Waals surface area contributed by atoms with Gasteiger partial charge in [-0.05, 0) is 53.8 Å². The predicted molar refractivity (Wildman–Crippen MR) is 72.7 cm³/mol. The number of carbonyl (C=O) groups is 1. The van der Waals surface area contributed by atoms with E-state index in [0.717, 1.165) is 36.3 Å². The van der Waals surface area contributed by atoms with Crippen LogP contribution in [-0.2, 0) is 6.42 Å². The Morgan fingerprint density at radius 3 is 2.53 bits per heavy atom. The number of hydrogen-bond acceptors (Lipinski definition) is 2. The van der Waals surface area contributed by atoms with Crippen molar-refractivity contribution >= 4 is 5.97 Å². The van der Waals surface area contributed by atoms with Gasteiger partial charge >= 0.3 is 5.97 Å².